The summed E-state index contributed by atoms with van der Waals surface area (Å²) in [7, 11) is 1.57. The molecule has 0 aromatic heterocycles. The van der Waals surface area contributed by atoms with Gasteiger partial charge in [-0.3, -0.25) is 4.79 Å². The first-order valence-corrected chi connectivity index (χ1v) is 7.86. The van der Waals surface area contributed by atoms with Crippen molar-refractivity contribution in [1.29, 1.82) is 0 Å². The van der Waals surface area contributed by atoms with Crippen LogP contribution in [-0.2, 0) is 4.74 Å². The van der Waals surface area contributed by atoms with Crippen molar-refractivity contribution >= 4 is 17.5 Å². The Morgan fingerprint density at radius 3 is 2.70 bits per heavy atom. The van der Waals surface area contributed by atoms with Crippen LogP contribution in [0.2, 0.25) is 5.02 Å². The third kappa shape index (κ3) is 3.49. The van der Waals surface area contributed by atoms with Crippen LogP contribution in [0.3, 0.4) is 0 Å². The Morgan fingerprint density at radius 1 is 1.22 bits per heavy atom. The summed E-state index contributed by atoms with van der Waals surface area (Å²) in [5.74, 6) is 0.553. The lowest BCUT2D eigenvalue weighted by Crippen LogP contribution is -2.42. The maximum atomic E-state index is 12.8. The lowest BCUT2D eigenvalue weighted by Gasteiger charge is -2.33. The topological polar surface area (TPSA) is 38.8 Å². The van der Waals surface area contributed by atoms with Crippen molar-refractivity contribution in [2.24, 2.45) is 0 Å². The molecule has 2 aromatic carbocycles. The lowest BCUT2D eigenvalue weighted by atomic mass is 10.1. The van der Waals surface area contributed by atoms with Crippen molar-refractivity contribution in [3.8, 4) is 5.75 Å². The number of methoxy groups -OCH3 is 1. The summed E-state index contributed by atoms with van der Waals surface area (Å²) in [6.07, 6.45) is -0.139. The summed E-state index contributed by atoms with van der Waals surface area (Å²) in [5, 5.41) is 0.687. The quantitative estimate of drug-likeness (QED) is 0.863. The molecule has 0 aliphatic carbocycles. The molecule has 5 heteroatoms. The van der Waals surface area contributed by atoms with Crippen LogP contribution in [0, 0.1) is 0 Å². The normalized spacial score (nSPS) is 17.8. The van der Waals surface area contributed by atoms with Crippen LogP contribution in [0.1, 0.15) is 22.0 Å². The zero-order valence-electron chi connectivity index (χ0n) is 12.9. The van der Waals surface area contributed by atoms with Crippen molar-refractivity contribution in [3.05, 3.63) is 64.7 Å². The number of morpholine rings is 1. The van der Waals surface area contributed by atoms with Gasteiger partial charge in [0, 0.05) is 11.6 Å². The Labute approximate surface area is 140 Å². The number of hydrogen-bond donors (Lipinski definition) is 0. The second-order valence-corrected chi connectivity index (χ2v) is 5.80. The summed E-state index contributed by atoms with van der Waals surface area (Å²) >= 11 is 5.92. The standard InChI is InChI=1S/C18H18ClNO3/c1-22-16-5-3-2-4-15(16)18(21)20-10-11-23-17(12-20)13-6-8-14(19)9-7-13/h2-9,17H,10-12H2,1H3. The molecule has 1 aliphatic heterocycles. The van der Waals surface area contributed by atoms with Crippen molar-refractivity contribution in [2.45, 2.75) is 6.10 Å². The van der Waals surface area contributed by atoms with Gasteiger partial charge < -0.3 is 14.4 Å². The largest absolute Gasteiger partial charge is 0.496 e. The number of ether oxygens (including phenoxy) is 2. The van der Waals surface area contributed by atoms with E-state index in [1.807, 2.05) is 36.4 Å². The maximum Gasteiger partial charge on any atom is 0.257 e. The molecule has 1 aliphatic rings. The van der Waals surface area contributed by atoms with Crippen LogP contribution in [0.4, 0.5) is 0 Å². The highest BCUT2D eigenvalue weighted by atomic mass is 35.5. The van der Waals surface area contributed by atoms with Gasteiger partial charge in [0.1, 0.15) is 11.9 Å². The molecule has 0 N–H and O–H groups in total. The van der Waals surface area contributed by atoms with E-state index in [9.17, 15) is 4.79 Å². The van der Waals surface area contributed by atoms with Crippen molar-refractivity contribution in [1.82, 2.24) is 4.90 Å². The second-order valence-electron chi connectivity index (χ2n) is 5.36. The summed E-state index contributed by atoms with van der Waals surface area (Å²) in [4.78, 5) is 14.6. The van der Waals surface area contributed by atoms with Gasteiger partial charge in [-0.1, -0.05) is 35.9 Å². The van der Waals surface area contributed by atoms with Gasteiger partial charge >= 0.3 is 0 Å². The van der Waals surface area contributed by atoms with Crippen LogP contribution >= 0.6 is 11.6 Å². The average molecular weight is 332 g/mol. The van der Waals surface area contributed by atoms with Crippen LogP contribution in [0.5, 0.6) is 5.75 Å². The van der Waals surface area contributed by atoms with E-state index >= 15 is 0 Å². The Balaban J connectivity index is 1.78. The van der Waals surface area contributed by atoms with Gasteiger partial charge in [-0.05, 0) is 29.8 Å². The van der Waals surface area contributed by atoms with E-state index in [0.29, 0.717) is 36.0 Å². The number of rotatable bonds is 3. The predicted octanol–water partition coefficient (Wildman–Crippen LogP) is 3.56. The zero-order valence-corrected chi connectivity index (χ0v) is 13.6. The molecule has 0 saturated carbocycles. The number of hydrogen-bond acceptors (Lipinski definition) is 3. The zero-order chi connectivity index (χ0) is 16.2. The molecule has 0 bridgehead atoms. The van der Waals surface area contributed by atoms with E-state index in [4.69, 9.17) is 21.1 Å². The fourth-order valence-corrected chi connectivity index (χ4v) is 2.83. The van der Waals surface area contributed by atoms with E-state index in [2.05, 4.69) is 0 Å². The monoisotopic (exact) mass is 331 g/mol. The summed E-state index contributed by atoms with van der Waals surface area (Å²) in [6, 6.07) is 14.8. The molecule has 3 rings (SSSR count). The van der Waals surface area contributed by atoms with Crippen LogP contribution < -0.4 is 4.74 Å². The molecule has 1 heterocycles. The Kier molecular flexibility index (Phi) is 4.84. The number of carbonyl (C=O) groups excluding carboxylic acids is 1. The van der Waals surface area contributed by atoms with E-state index in [0.717, 1.165) is 5.56 Å². The van der Waals surface area contributed by atoms with Gasteiger partial charge in [-0.15, -0.1) is 0 Å². The minimum absolute atomic E-state index is 0.0373. The van der Waals surface area contributed by atoms with E-state index in [1.54, 1.807) is 24.1 Å². The number of carbonyl (C=O) groups is 1. The van der Waals surface area contributed by atoms with Gasteiger partial charge in [0.25, 0.3) is 5.91 Å². The number of benzene rings is 2. The Bertz CT molecular complexity index is 687. The molecular weight excluding hydrogens is 314 g/mol. The fourth-order valence-electron chi connectivity index (χ4n) is 2.70. The molecule has 2 aromatic rings. The summed E-state index contributed by atoms with van der Waals surface area (Å²) in [5.41, 5.74) is 1.60. The van der Waals surface area contributed by atoms with E-state index in [-0.39, 0.29) is 12.0 Å². The number of halogens is 1. The molecule has 120 valence electrons. The molecule has 0 spiro atoms. The number of nitrogens with zero attached hydrogens (tertiary/aromatic N) is 1. The highest BCUT2D eigenvalue weighted by Crippen LogP contribution is 2.26. The molecule has 1 saturated heterocycles. The van der Waals surface area contributed by atoms with Gasteiger partial charge in [0.2, 0.25) is 0 Å². The number of para-hydroxylation sites is 1. The molecule has 1 amide bonds. The lowest BCUT2D eigenvalue weighted by molar-refractivity contribution is -0.0229. The smallest absolute Gasteiger partial charge is 0.257 e. The highest BCUT2D eigenvalue weighted by Gasteiger charge is 2.27. The third-order valence-corrected chi connectivity index (χ3v) is 4.18. The molecule has 4 nitrogen and oxygen atoms in total. The average Bonchev–Trinajstić information content (AvgIpc) is 2.62. The molecule has 1 atom stereocenters. The molecule has 1 fully saturated rings. The highest BCUT2D eigenvalue weighted by molar-refractivity contribution is 6.30. The van der Waals surface area contributed by atoms with Crippen LogP contribution in [-0.4, -0.2) is 37.6 Å². The van der Waals surface area contributed by atoms with Crippen molar-refractivity contribution in [3.63, 3.8) is 0 Å². The maximum absolute atomic E-state index is 12.8. The number of amides is 1. The molecule has 0 radical (unpaired) electrons. The second kappa shape index (κ2) is 7.02. The van der Waals surface area contributed by atoms with Gasteiger partial charge in [-0.25, -0.2) is 0 Å². The van der Waals surface area contributed by atoms with E-state index in [1.165, 1.54) is 0 Å². The Hall–Kier alpha value is -2.04. The van der Waals surface area contributed by atoms with Gasteiger partial charge in [-0.2, -0.15) is 0 Å². The Morgan fingerprint density at radius 2 is 1.96 bits per heavy atom. The summed E-state index contributed by atoms with van der Waals surface area (Å²) < 4.78 is 11.1. The fraction of sp³-hybridized carbons (Fsp3) is 0.278. The minimum Gasteiger partial charge on any atom is -0.496 e. The van der Waals surface area contributed by atoms with Crippen LogP contribution in [0.25, 0.3) is 0 Å². The van der Waals surface area contributed by atoms with Gasteiger partial charge in [0.15, 0.2) is 0 Å². The molecule has 23 heavy (non-hydrogen) atoms. The van der Waals surface area contributed by atoms with E-state index < -0.39 is 0 Å². The van der Waals surface area contributed by atoms with Crippen molar-refractivity contribution < 1.29 is 14.3 Å². The third-order valence-electron chi connectivity index (χ3n) is 3.93. The molecular formula is C18H18ClNO3. The first kappa shape index (κ1) is 15.8. The minimum atomic E-state index is -0.139. The van der Waals surface area contributed by atoms with Gasteiger partial charge in [0.05, 0.1) is 25.8 Å². The van der Waals surface area contributed by atoms with Crippen LogP contribution in [0.15, 0.2) is 48.5 Å². The predicted molar refractivity (Wildman–Crippen MR) is 89.0 cm³/mol. The first-order chi connectivity index (χ1) is 11.2. The summed E-state index contributed by atoms with van der Waals surface area (Å²) in [6.45, 7) is 1.59. The first-order valence-electron chi connectivity index (χ1n) is 7.48. The van der Waals surface area contributed by atoms with Crippen molar-refractivity contribution in [2.75, 3.05) is 26.8 Å². The molecule has 1 unspecified atom stereocenters. The SMILES string of the molecule is COc1ccccc1C(=O)N1CCOC(c2ccc(Cl)cc2)C1.